The minimum atomic E-state index is -0.789. The summed E-state index contributed by atoms with van der Waals surface area (Å²) >= 11 is 0. The SMILES string of the molecule is CCCCC\C=C/C=C\C=C/C=C\CCCCCCCC(=O)OCC(COC(=O)CCCCCCCC/C=C\C=C/CCCCC)OC(=O)CCCCCCCCCCCCCCCCCC. The van der Waals surface area contributed by atoms with Gasteiger partial charge in [0.25, 0.3) is 0 Å². The highest BCUT2D eigenvalue weighted by Crippen LogP contribution is 2.16. The van der Waals surface area contributed by atoms with Gasteiger partial charge in [-0.15, -0.1) is 0 Å². The monoisotopic (exact) mass is 935 g/mol. The molecule has 386 valence electrons. The molecule has 0 heterocycles. The van der Waals surface area contributed by atoms with Crippen LogP contribution in [0.5, 0.6) is 0 Å². The molecule has 0 aliphatic rings. The van der Waals surface area contributed by atoms with Crippen LogP contribution in [0.15, 0.2) is 72.9 Å². The highest BCUT2D eigenvalue weighted by Gasteiger charge is 2.19. The van der Waals surface area contributed by atoms with Gasteiger partial charge in [-0.25, -0.2) is 0 Å². The number of carbonyl (C=O) groups excluding carboxylic acids is 3. The summed E-state index contributed by atoms with van der Waals surface area (Å²) in [4.78, 5) is 38.1. The van der Waals surface area contributed by atoms with E-state index >= 15 is 0 Å². The third kappa shape index (κ3) is 53.7. The molecule has 6 heteroatoms. The molecule has 0 N–H and O–H groups in total. The Kier molecular flexibility index (Phi) is 52.8. The zero-order chi connectivity index (χ0) is 48.6. The van der Waals surface area contributed by atoms with E-state index in [-0.39, 0.29) is 31.1 Å². The number of hydrogen-bond acceptors (Lipinski definition) is 6. The summed E-state index contributed by atoms with van der Waals surface area (Å²) in [6.07, 6.45) is 70.2. The molecule has 0 saturated carbocycles. The molecule has 67 heavy (non-hydrogen) atoms. The number of hydrogen-bond donors (Lipinski definition) is 0. The quantitative estimate of drug-likeness (QED) is 0.0262. The normalized spacial score (nSPS) is 12.6. The molecule has 0 saturated heterocycles. The minimum Gasteiger partial charge on any atom is -0.462 e. The molecule has 1 atom stereocenters. The molecule has 0 spiro atoms. The van der Waals surface area contributed by atoms with Gasteiger partial charge in [-0.1, -0.05) is 261 Å². The van der Waals surface area contributed by atoms with Crippen LogP contribution in [0, 0.1) is 0 Å². The number of esters is 3. The fourth-order valence-electron chi connectivity index (χ4n) is 7.98. The van der Waals surface area contributed by atoms with E-state index in [0.29, 0.717) is 19.3 Å². The highest BCUT2D eigenvalue weighted by molar-refractivity contribution is 5.71. The average Bonchev–Trinajstić information content (AvgIpc) is 3.33. The van der Waals surface area contributed by atoms with Crippen molar-refractivity contribution in [2.45, 2.75) is 284 Å². The van der Waals surface area contributed by atoms with Crippen LogP contribution in [-0.2, 0) is 28.6 Å². The van der Waals surface area contributed by atoms with E-state index in [4.69, 9.17) is 14.2 Å². The van der Waals surface area contributed by atoms with Gasteiger partial charge < -0.3 is 14.2 Å². The van der Waals surface area contributed by atoms with Gasteiger partial charge in [0.05, 0.1) is 0 Å². The molecule has 1 unspecified atom stereocenters. The van der Waals surface area contributed by atoms with Gasteiger partial charge in [-0.2, -0.15) is 0 Å². The lowest BCUT2D eigenvalue weighted by atomic mass is 10.0. The molecule has 6 nitrogen and oxygen atoms in total. The van der Waals surface area contributed by atoms with Crippen LogP contribution < -0.4 is 0 Å². The molecule has 0 radical (unpaired) electrons. The van der Waals surface area contributed by atoms with Gasteiger partial charge in [0, 0.05) is 19.3 Å². The van der Waals surface area contributed by atoms with Crippen LogP contribution in [0.1, 0.15) is 278 Å². The fraction of sp³-hybridized carbons (Fsp3) is 0.754. The Morgan fingerprint density at radius 1 is 0.299 bits per heavy atom. The van der Waals surface area contributed by atoms with Gasteiger partial charge in [0.15, 0.2) is 6.10 Å². The number of rotatable bonds is 51. The van der Waals surface area contributed by atoms with Crippen LogP contribution in [0.2, 0.25) is 0 Å². The fourth-order valence-corrected chi connectivity index (χ4v) is 7.98. The Balaban J connectivity index is 4.44. The van der Waals surface area contributed by atoms with Gasteiger partial charge >= 0.3 is 17.9 Å². The van der Waals surface area contributed by atoms with Crippen molar-refractivity contribution in [1.82, 2.24) is 0 Å². The smallest absolute Gasteiger partial charge is 0.306 e. The van der Waals surface area contributed by atoms with E-state index in [9.17, 15) is 14.4 Å². The number of allylic oxidation sites excluding steroid dienone is 12. The first-order valence-electron chi connectivity index (χ1n) is 28.5. The van der Waals surface area contributed by atoms with E-state index in [1.165, 1.54) is 148 Å². The standard InChI is InChI=1S/C61H106O6/c1-4-7-10-13-16-19-22-25-28-30-31-34-36-39-42-45-48-51-54-60(63)66-57-58(56-65-59(62)53-50-47-44-41-38-35-32-27-24-21-18-15-12-9-6-3)67-61(64)55-52-49-46-43-40-37-33-29-26-23-20-17-14-11-8-5-2/h16,18-19,21-22,24-25,27-28,30-31,34,58H,4-15,17,20,23,26,29,32-33,35-57H2,1-3H3/b19-16-,21-18-,25-22-,27-24-,30-28-,34-31-. The number of unbranched alkanes of at least 4 members (excludes halogenated alkanes) is 32. The van der Waals surface area contributed by atoms with E-state index in [0.717, 1.165) is 89.9 Å². The highest BCUT2D eigenvalue weighted by atomic mass is 16.6. The van der Waals surface area contributed by atoms with Crippen LogP contribution in [0.25, 0.3) is 0 Å². The first kappa shape index (κ1) is 63.8. The zero-order valence-electron chi connectivity index (χ0n) is 44.2. The lowest BCUT2D eigenvalue weighted by Crippen LogP contribution is -2.30. The van der Waals surface area contributed by atoms with Crippen molar-refractivity contribution in [2.24, 2.45) is 0 Å². The maximum Gasteiger partial charge on any atom is 0.306 e. The molecule has 0 aliphatic carbocycles. The lowest BCUT2D eigenvalue weighted by Gasteiger charge is -2.18. The second-order valence-corrected chi connectivity index (χ2v) is 19.0. The summed E-state index contributed by atoms with van der Waals surface area (Å²) in [6.45, 7) is 6.56. The molecule has 0 aromatic rings. The summed E-state index contributed by atoms with van der Waals surface area (Å²) in [5, 5.41) is 0. The van der Waals surface area contributed by atoms with Crippen LogP contribution in [0.3, 0.4) is 0 Å². The predicted octanol–water partition coefficient (Wildman–Crippen LogP) is 19.0. The Bertz CT molecular complexity index is 1260. The molecule has 0 aliphatic heterocycles. The maximum absolute atomic E-state index is 12.9. The van der Waals surface area contributed by atoms with Crippen LogP contribution >= 0.6 is 0 Å². The van der Waals surface area contributed by atoms with Crippen LogP contribution in [0.4, 0.5) is 0 Å². The van der Waals surface area contributed by atoms with Gasteiger partial charge in [-0.05, 0) is 70.6 Å². The Morgan fingerprint density at radius 2 is 0.537 bits per heavy atom. The Morgan fingerprint density at radius 3 is 0.881 bits per heavy atom. The van der Waals surface area contributed by atoms with E-state index in [1.54, 1.807) is 0 Å². The Labute approximate surface area is 414 Å². The van der Waals surface area contributed by atoms with Crippen molar-refractivity contribution in [3.05, 3.63) is 72.9 Å². The third-order valence-corrected chi connectivity index (χ3v) is 12.3. The van der Waals surface area contributed by atoms with Gasteiger partial charge in [0.2, 0.25) is 0 Å². The lowest BCUT2D eigenvalue weighted by molar-refractivity contribution is -0.167. The first-order valence-corrected chi connectivity index (χ1v) is 28.5. The summed E-state index contributed by atoms with van der Waals surface area (Å²) in [6, 6.07) is 0. The molecule has 0 aromatic heterocycles. The van der Waals surface area contributed by atoms with Crippen molar-refractivity contribution in [3.63, 3.8) is 0 Å². The average molecular weight is 936 g/mol. The number of carbonyl (C=O) groups is 3. The van der Waals surface area contributed by atoms with Crippen LogP contribution in [-0.4, -0.2) is 37.2 Å². The first-order chi connectivity index (χ1) is 33.0. The minimum absolute atomic E-state index is 0.0876. The largest absolute Gasteiger partial charge is 0.462 e. The topological polar surface area (TPSA) is 78.9 Å². The summed E-state index contributed by atoms with van der Waals surface area (Å²) in [7, 11) is 0. The molecule has 0 amide bonds. The van der Waals surface area contributed by atoms with Crippen molar-refractivity contribution in [3.8, 4) is 0 Å². The number of ether oxygens (including phenoxy) is 3. The van der Waals surface area contributed by atoms with Crippen molar-refractivity contribution in [1.29, 1.82) is 0 Å². The summed E-state index contributed by atoms with van der Waals surface area (Å²) in [5.74, 6) is -0.911. The van der Waals surface area contributed by atoms with Gasteiger partial charge in [-0.3, -0.25) is 14.4 Å². The second kappa shape index (κ2) is 55.4. The molecule has 0 bridgehead atoms. The second-order valence-electron chi connectivity index (χ2n) is 19.0. The summed E-state index contributed by atoms with van der Waals surface area (Å²) in [5.41, 5.74) is 0. The summed E-state index contributed by atoms with van der Waals surface area (Å²) < 4.78 is 16.8. The third-order valence-electron chi connectivity index (χ3n) is 12.3. The van der Waals surface area contributed by atoms with Crippen molar-refractivity contribution in [2.75, 3.05) is 13.2 Å². The van der Waals surface area contributed by atoms with Gasteiger partial charge in [0.1, 0.15) is 13.2 Å². The van der Waals surface area contributed by atoms with E-state index < -0.39 is 6.10 Å². The Hall–Kier alpha value is -3.15. The van der Waals surface area contributed by atoms with E-state index in [1.807, 2.05) is 0 Å². The molecule has 0 fully saturated rings. The molecular weight excluding hydrogens is 829 g/mol. The predicted molar refractivity (Wildman–Crippen MR) is 288 cm³/mol. The molecular formula is C61H106O6. The zero-order valence-corrected chi connectivity index (χ0v) is 44.2. The van der Waals surface area contributed by atoms with Crippen molar-refractivity contribution >= 4 is 17.9 Å². The molecule has 0 rings (SSSR count). The molecule has 0 aromatic carbocycles. The van der Waals surface area contributed by atoms with E-state index in [2.05, 4.69) is 93.7 Å². The maximum atomic E-state index is 12.9. The van der Waals surface area contributed by atoms with Crippen molar-refractivity contribution < 1.29 is 28.6 Å².